The Morgan fingerprint density at radius 1 is 1.47 bits per heavy atom. The Hall–Kier alpha value is -0.170. The molecule has 1 rings (SSSR count). The number of hydrogen-bond donors (Lipinski definition) is 1. The Bertz CT molecular complexity index is 274. The average molecular weight is 237 g/mol. The van der Waals surface area contributed by atoms with E-state index in [1.54, 1.807) is 0 Å². The van der Waals surface area contributed by atoms with Gasteiger partial charge in [0.1, 0.15) is 0 Å². The van der Waals surface area contributed by atoms with Crippen molar-refractivity contribution in [1.29, 1.82) is 0 Å². The first kappa shape index (κ1) is 12.9. The third-order valence-corrected chi connectivity index (χ3v) is 4.26. The molecular weight excluding hydrogens is 218 g/mol. The molecule has 0 atom stereocenters. The molecule has 1 saturated carbocycles. The molecule has 6 heteroatoms. The minimum absolute atomic E-state index is 0.216. The van der Waals surface area contributed by atoms with Gasteiger partial charge in [0, 0.05) is 20.2 Å². The summed E-state index contributed by atoms with van der Waals surface area (Å²) in [5.41, 5.74) is 0. The van der Waals surface area contributed by atoms with Crippen LogP contribution in [0.2, 0.25) is 0 Å². The largest absolute Gasteiger partial charge is 0.395 e. The summed E-state index contributed by atoms with van der Waals surface area (Å²) < 4.78 is 29.3. The fraction of sp³-hybridized carbons (Fsp3) is 1.00. The molecule has 0 aromatic carbocycles. The van der Waals surface area contributed by atoms with Gasteiger partial charge in [-0.2, -0.15) is 0 Å². The van der Waals surface area contributed by atoms with Crippen molar-refractivity contribution in [2.75, 3.05) is 39.2 Å². The van der Waals surface area contributed by atoms with Crippen molar-refractivity contribution < 1.29 is 18.3 Å². The standard InChI is InChI=1S/C9H19NO4S/c1-10(15(12,13)7-5-11)4-6-14-8-9-2-3-9/h9,11H,2-8H2,1H3. The van der Waals surface area contributed by atoms with Crippen LogP contribution in [0.5, 0.6) is 0 Å². The van der Waals surface area contributed by atoms with Gasteiger partial charge in [-0.3, -0.25) is 0 Å². The molecule has 0 bridgehead atoms. The van der Waals surface area contributed by atoms with Crippen molar-refractivity contribution in [2.24, 2.45) is 5.92 Å². The first-order chi connectivity index (χ1) is 7.06. The first-order valence-electron chi connectivity index (χ1n) is 5.19. The van der Waals surface area contributed by atoms with Crippen LogP contribution in [0.4, 0.5) is 0 Å². The fourth-order valence-corrected chi connectivity index (χ4v) is 2.03. The molecule has 15 heavy (non-hydrogen) atoms. The van der Waals surface area contributed by atoms with Crippen molar-refractivity contribution in [3.63, 3.8) is 0 Å². The number of rotatable bonds is 8. The zero-order valence-electron chi connectivity index (χ0n) is 9.05. The van der Waals surface area contributed by atoms with Gasteiger partial charge in [0.25, 0.3) is 0 Å². The molecule has 0 aromatic heterocycles. The third kappa shape index (κ3) is 4.92. The number of ether oxygens (including phenoxy) is 1. The molecule has 1 aliphatic carbocycles. The Kier molecular flexibility index (Phi) is 4.98. The number of aliphatic hydroxyl groups excluding tert-OH is 1. The Labute approximate surface area is 91.1 Å². The number of nitrogens with zero attached hydrogens (tertiary/aromatic N) is 1. The maximum atomic E-state index is 11.4. The average Bonchev–Trinajstić information content (AvgIpc) is 2.95. The summed E-state index contributed by atoms with van der Waals surface area (Å²) in [5.74, 6) is 0.482. The quantitative estimate of drug-likeness (QED) is 0.587. The van der Waals surface area contributed by atoms with E-state index in [0.29, 0.717) is 19.1 Å². The Morgan fingerprint density at radius 3 is 2.67 bits per heavy atom. The van der Waals surface area contributed by atoms with Gasteiger partial charge in [0.15, 0.2) is 0 Å². The van der Waals surface area contributed by atoms with E-state index in [1.807, 2.05) is 0 Å². The van der Waals surface area contributed by atoms with E-state index < -0.39 is 10.0 Å². The second-order valence-corrected chi connectivity index (χ2v) is 6.07. The van der Waals surface area contributed by atoms with Gasteiger partial charge in [-0.05, 0) is 18.8 Å². The smallest absolute Gasteiger partial charge is 0.216 e. The second kappa shape index (κ2) is 5.79. The van der Waals surface area contributed by atoms with Gasteiger partial charge in [0.05, 0.1) is 19.0 Å². The van der Waals surface area contributed by atoms with E-state index in [1.165, 1.54) is 24.2 Å². The van der Waals surface area contributed by atoms with Gasteiger partial charge in [-0.25, -0.2) is 12.7 Å². The molecule has 0 aromatic rings. The molecule has 0 heterocycles. The highest BCUT2D eigenvalue weighted by Gasteiger charge is 2.21. The highest BCUT2D eigenvalue weighted by atomic mass is 32.2. The summed E-state index contributed by atoms with van der Waals surface area (Å²) in [6.45, 7) is 1.19. The molecular formula is C9H19NO4S. The predicted molar refractivity (Wildman–Crippen MR) is 57.0 cm³/mol. The van der Waals surface area contributed by atoms with Gasteiger partial charge in [-0.15, -0.1) is 0 Å². The number of likely N-dealkylation sites (N-methyl/N-ethyl adjacent to an activating group) is 1. The van der Waals surface area contributed by atoms with Gasteiger partial charge < -0.3 is 9.84 Å². The Balaban J connectivity index is 2.12. The van der Waals surface area contributed by atoms with Crippen LogP contribution in [0, 0.1) is 5.92 Å². The second-order valence-electron chi connectivity index (χ2n) is 3.88. The predicted octanol–water partition coefficient (Wildman–Crippen LogP) is -0.333. The van der Waals surface area contributed by atoms with Gasteiger partial charge in [0.2, 0.25) is 10.0 Å². The monoisotopic (exact) mass is 237 g/mol. The minimum atomic E-state index is -3.29. The lowest BCUT2D eigenvalue weighted by Crippen LogP contribution is -2.33. The van der Waals surface area contributed by atoms with Gasteiger partial charge in [-0.1, -0.05) is 0 Å². The molecule has 0 radical (unpaired) electrons. The zero-order valence-corrected chi connectivity index (χ0v) is 9.87. The van der Waals surface area contributed by atoms with E-state index in [2.05, 4.69) is 0 Å². The molecule has 1 aliphatic rings. The lowest BCUT2D eigenvalue weighted by molar-refractivity contribution is 0.117. The van der Waals surface area contributed by atoms with E-state index >= 15 is 0 Å². The van der Waals surface area contributed by atoms with E-state index in [0.717, 1.165) is 6.61 Å². The van der Waals surface area contributed by atoms with Crippen LogP contribution in [0.25, 0.3) is 0 Å². The Morgan fingerprint density at radius 2 is 2.13 bits per heavy atom. The van der Waals surface area contributed by atoms with Crippen molar-refractivity contribution in [3.8, 4) is 0 Å². The fourth-order valence-electron chi connectivity index (χ4n) is 1.14. The highest BCUT2D eigenvalue weighted by molar-refractivity contribution is 7.89. The lowest BCUT2D eigenvalue weighted by Gasteiger charge is -2.16. The topological polar surface area (TPSA) is 66.8 Å². The van der Waals surface area contributed by atoms with Crippen molar-refractivity contribution in [3.05, 3.63) is 0 Å². The molecule has 0 unspecified atom stereocenters. The molecule has 0 saturated heterocycles. The molecule has 0 aliphatic heterocycles. The summed E-state index contributed by atoms with van der Waals surface area (Å²) in [6.07, 6.45) is 2.47. The van der Waals surface area contributed by atoms with Crippen molar-refractivity contribution >= 4 is 10.0 Å². The normalized spacial score (nSPS) is 17.3. The van der Waals surface area contributed by atoms with E-state index in [4.69, 9.17) is 9.84 Å². The SMILES string of the molecule is CN(CCOCC1CC1)S(=O)(=O)CCO. The minimum Gasteiger partial charge on any atom is -0.395 e. The van der Waals surface area contributed by atoms with E-state index in [-0.39, 0.29) is 12.4 Å². The highest BCUT2D eigenvalue weighted by Crippen LogP contribution is 2.28. The summed E-state index contributed by atoms with van der Waals surface area (Å²) in [4.78, 5) is 0. The molecule has 5 nitrogen and oxygen atoms in total. The summed E-state index contributed by atoms with van der Waals surface area (Å²) >= 11 is 0. The molecule has 1 fully saturated rings. The number of hydrogen-bond acceptors (Lipinski definition) is 4. The maximum Gasteiger partial charge on any atom is 0.216 e. The summed E-state index contributed by atoms with van der Waals surface area (Å²) in [5, 5.41) is 8.57. The van der Waals surface area contributed by atoms with Crippen molar-refractivity contribution in [1.82, 2.24) is 4.31 Å². The third-order valence-electron chi connectivity index (χ3n) is 2.43. The van der Waals surface area contributed by atoms with Crippen LogP contribution in [0.3, 0.4) is 0 Å². The van der Waals surface area contributed by atoms with Crippen molar-refractivity contribution in [2.45, 2.75) is 12.8 Å². The van der Waals surface area contributed by atoms with Crippen LogP contribution in [-0.2, 0) is 14.8 Å². The summed E-state index contributed by atoms with van der Waals surface area (Å²) in [7, 11) is -1.79. The van der Waals surface area contributed by atoms with Gasteiger partial charge >= 0.3 is 0 Å². The van der Waals surface area contributed by atoms with Crippen LogP contribution >= 0.6 is 0 Å². The molecule has 0 spiro atoms. The lowest BCUT2D eigenvalue weighted by atomic mass is 10.5. The molecule has 1 N–H and O–H groups in total. The number of sulfonamides is 1. The first-order valence-corrected chi connectivity index (χ1v) is 6.80. The molecule has 0 amide bonds. The van der Waals surface area contributed by atoms with Crippen LogP contribution < -0.4 is 0 Å². The van der Waals surface area contributed by atoms with Crippen LogP contribution in [0.15, 0.2) is 0 Å². The zero-order chi connectivity index (χ0) is 11.3. The summed E-state index contributed by atoms with van der Waals surface area (Å²) in [6, 6.07) is 0. The van der Waals surface area contributed by atoms with Crippen LogP contribution in [-0.4, -0.2) is 57.0 Å². The molecule has 90 valence electrons. The van der Waals surface area contributed by atoms with E-state index in [9.17, 15) is 8.42 Å². The number of aliphatic hydroxyl groups is 1. The maximum absolute atomic E-state index is 11.4. The van der Waals surface area contributed by atoms with Crippen LogP contribution in [0.1, 0.15) is 12.8 Å².